The summed E-state index contributed by atoms with van der Waals surface area (Å²) < 4.78 is 22.2. The van der Waals surface area contributed by atoms with Gasteiger partial charge in [-0.15, -0.1) is 11.3 Å². The zero-order valence-electron chi connectivity index (χ0n) is 11.7. The molecule has 0 bridgehead atoms. The Labute approximate surface area is 128 Å². The van der Waals surface area contributed by atoms with Crippen LogP contribution in [0.1, 0.15) is 28.4 Å². The van der Waals surface area contributed by atoms with Crippen molar-refractivity contribution in [2.24, 2.45) is 11.1 Å². The minimum atomic E-state index is -3.51. The van der Waals surface area contributed by atoms with E-state index in [1.54, 1.807) is 16.2 Å². The van der Waals surface area contributed by atoms with Gasteiger partial charge >= 0.3 is 0 Å². The molecule has 2 aliphatic rings. The molecule has 1 aromatic rings. The van der Waals surface area contributed by atoms with E-state index in [9.17, 15) is 13.2 Å². The molecule has 1 aromatic heterocycles. The molecule has 1 aliphatic heterocycles. The average molecular weight is 329 g/mol. The predicted molar refractivity (Wildman–Crippen MR) is 80.5 cm³/mol. The number of thiazole rings is 1. The number of amides is 1. The van der Waals surface area contributed by atoms with Gasteiger partial charge in [0.05, 0.1) is 16.5 Å². The lowest BCUT2D eigenvalue weighted by molar-refractivity contribution is -0.127. The molecular weight excluding hydrogens is 310 g/mol. The number of hydrogen-bond acceptors (Lipinski definition) is 5. The molecule has 1 amide bonds. The number of nitrogens with two attached hydrogens (primary N) is 1. The molecule has 2 N–H and O–H groups in total. The first-order valence-corrected chi connectivity index (χ1v) is 9.69. The smallest absolute Gasteiger partial charge is 0.222 e. The van der Waals surface area contributed by atoms with Crippen LogP contribution >= 0.6 is 11.3 Å². The van der Waals surface area contributed by atoms with Crippen LogP contribution in [0.15, 0.2) is 0 Å². The van der Waals surface area contributed by atoms with Gasteiger partial charge in [0.15, 0.2) is 0 Å². The van der Waals surface area contributed by atoms with Gasteiger partial charge < -0.3 is 4.90 Å². The van der Waals surface area contributed by atoms with E-state index in [0.29, 0.717) is 13.1 Å². The van der Waals surface area contributed by atoms with Crippen LogP contribution in [0.5, 0.6) is 0 Å². The third kappa shape index (κ3) is 3.61. The minimum absolute atomic E-state index is 0.0211. The third-order valence-corrected chi connectivity index (χ3v) is 6.15. The van der Waals surface area contributed by atoms with Crippen molar-refractivity contribution in [2.75, 3.05) is 18.8 Å². The average Bonchev–Trinajstić information content (AvgIpc) is 2.99. The first-order valence-electron chi connectivity index (χ1n) is 7.16. The van der Waals surface area contributed by atoms with Crippen LogP contribution in [0.25, 0.3) is 0 Å². The van der Waals surface area contributed by atoms with Crippen LogP contribution in [0, 0.1) is 5.92 Å². The first-order chi connectivity index (χ1) is 9.90. The molecule has 8 heteroatoms. The number of sulfonamides is 1. The SMILES string of the molecule is NS(=O)(=O)CC1CC(=O)N(CCc2nc3c(s2)CCC3)C1. The first kappa shape index (κ1) is 14.9. The number of rotatable bonds is 5. The summed E-state index contributed by atoms with van der Waals surface area (Å²) in [6, 6.07) is 0. The Hall–Kier alpha value is -0.990. The van der Waals surface area contributed by atoms with E-state index in [2.05, 4.69) is 4.98 Å². The molecule has 1 aliphatic carbocycles. The largest absolute Gasteiger partial charge is 0.342 e. The molecule has 1 saturated heterocycles. The molecular formula is C13H19N3O3S2. The summed E-state index contributed by atoms with van der Waals surface area (Å²) in [5.41, 5.74) is 1.23. The number of aryl methyl sites for hydroxylation is 2. The number of carbonyl (C=O) groups is 1. The summed E-state index contributed by atoms with van der Waals surface area (Å²) in [5, 5.41) is 6.13. The van der Waals surface area contributed by atoms with E-state index in [4.69, 9.17) is 5.14 Å². The van der Waals surface area contributed by atoms with Crippen molar-refractivity contribution in [1.82, 2.24) is 9.88 Å². The second kappa shape index (κ2) is 5.66. The van der Waals surface area contributed by atoms with Crippen LogP contribution in [-0.2, 0) is 34.1 Å². The molecule has 21 heavy (non-hydrogen) atoms. The summed E-state index contributed by atoms with van der Waals surface area (Å²) in [6.45, 7) is 1.10. The molecule has 3 rings (SSSR count). The number of likely N-dealkylation sites (tertiary alicyclic amines) is 1. The molecule has 0 radical (unpaired) electrons. The van der Waals surface area contributed by atoms with Gasteiger partial charge in [0.25, 0.3) is 0 Å². The Balaban J connectivity index is 1.54. The quantitative estimate of drug-likeness (QED) is 0.841. The molecule has 1 unspecified atom stereocenters. The summed E-state index contributed by atoms with van der Waals surface area (Å²) in [6.07, 6.45) is 4.45. The fourth-order valence-electron chi connectivity index (χ4n) is 3.09. The van der Waals surface area contributed by atoms with E-state index in [0.717, 1.165) is 24.3 Å². The highest BCUT2D eigenvalue weighted by molar-refractivity contribution is 7.89. The Morgan fingerprint density at radius 1 is 1.38 bits per heavy atom. The Bertz CT molecular complexity index is 632. The Kier molecular flexibility index (Phi) is 4.02. The monoisotopic (exact) mass is 329 g/mol. The molecule has 116 valence electrons. The van der Waals surface area contributed by atoms with Gasteiger partial charge in [0.1, 0.15) is 0 Å². The maximum Gasteiger partial charge on any atom is 0.222 e. The maximum absolute atomic E-state index is 11.9. The Morgan fingerprint density at radius 3 is 2.90 bits per heavy atom. The topological polar surface area (TPSA) is 93.4 Å². The molecule has 1 atom stereocenters. The molecule has 2 heterocycles. The summed E-state index contributed by atoms with van der Waals surface area (Å²) in [4.78, 5) is 19.7. The van der Waals surface area contributed by atoms with Gasteiger partial charge in [-0.2, -0.15) is 0 Å². The van der Waals surface area contributed by atoms with Gasteiger partial charge in [-0.05, 0) is 19.3 Å². The highest BCUT2D eigenvalue weighted by Gasteiger charge is 2.31. The van der Waals surface area contributed by atoms with Crippen molar-refractivity contribution < 1.29 is 13.2 Å². The lowest BCUT2D eigenvalue weighted by Gasteiger charge is -2.15. The summed E-state index contributed by atoms with van der Waals surface area (Å²) >= 11 is 1.75. The zero-order chi connectivity index (χ0) is 15.0. The van der Waals surface area contributed by atoms with Crippen LogP contribution < -0.4 is 5.14 Å². The summed E-state index contributed by atoms with van der Waals surface area (Å²) in [5.74, 6) is -0.262. The van der Waals surface area contributed by atoms with Crippen molar-refractivity contribution in [3.63, 3.8) is 0 Å². The highest BCUT2D eigenvalue weighted by Crippen LogP contribution is 2.28. The fourth-order valence-corrected chi connectivity index (χ4v) is 5.12. The van der Waals surface area contributed by atoms with Crippen LogP contribution in [0.4, 0.5) is 0 Å². The van der Waals surface area contributed by atoms with Crippen molar-refractivity contribution in [3.05, 3.63) is 15.6 Å². The van der Waals surface area contributed by atoms with E-state index in [1.165, 1.54) is 17.0 Å². The van der Waals surface area contributed by atoms with Crippen LogP contribution in [0.3, 0.4) is 0 Å². The normalized spacial score (nSPS) is 22.0. The number of primary sulfonamides is 1. The molecule has 0 aromatic carbocycles. The zero-order valence-corrected chi connectivity index (χ0v) is 13.4. The van der Waals surface area contributed by atoms with Gasteiger partial charge in [-0.1, -0.05) is 0 Å². The van der Waals surface area contributed by atoms with E-state index < -0.39 is 10.0 Å². The summed E-state index contributed by atoms with van der Waals surface area (Å²) in [7, 11) is -3.51. The van der Waals surface area contributed by atoms with Gasteiger partial charge in [-0.25, -0.2) is 18.5 Å². The molecule has 6 nitrogen and oxygen atoms in total. The van der Waals surface area contributed by atoms with Crippen molar-refractivity contribution >= 4 is 27.3 Å². The minimum Gasteiger partial charge on any atom is -0.342 e. The molecule has 1 fully saturated rings. The lowest BCUT2D eigenvalue weighted by atomic mass is 10.1. The standard InChI is InChI=1S/C13H19N3O3S2/c14-21(18,19)8-9-6-13(17)16(7-9)5-4-12-15-10-2-1-3-11(10)20-12/h9H,1-8H2,(H2,14,18,19). The van der Waals surface area contributed by atoms with Crippen molar-refractivity contribution in [3.8, 4) is 0 Å². The van der Waals surface area contributed by atoms with Gasteiger partial charge in [-0.3, -0.25) is 4.79 Å². The predicted octanol–water partition coefficient (Wildman–Crippen LogP) is 0.311. The highest BCUT2D eigenvalue weighted by atomic mass is 32.2. The van der Waals surface area contributed by atoms with Crippen molar-refractivity contribution in [2.45, 2.75) is 32.1 Å². The molecule has 0 spiro atoms. The van der Waals surface area contributed by atoms with Gasteiger partial charge in [0, 0.05) is 36.7 Å². The second-order valence-corrected chi connectivity index (χ2v) is 8.65. The van der Waals surface area contributed by atoms with Crippen LogP contribution in [-0.4, -0.2) is 43.1 Å². The number of carbonyl (C=O) groups excluding carboxylic acids is 1. The number of hydrogen-bond donors (Lipinski definition) is 1. The van der Waals surface area contributed by atoms with Crippen LogP contribution in [0.2, 0.25) is 0 Å². The van der Waals surface area contributed by atoms with E-state index in [1.807, 2.05) is 0 Å². The number of fused-ring (bicyclic) bond motifs is 1. The van der Waals surface area contributed by atoms with Crippen molar-refractivity contribution in [1.29, 1.82) is 0 Å². The van der Waals surface area contributed by atoms with Gasteiger partial charge in [0.2, 0.25) is 15.9 Å². The van der Waals surface area contributed by atoms with E-state index in [-0.39, 0.29) is 24.0 Å². The fraction of sp³-hybridized carbons (Fsp3) is 0.692. The Morgan fingerprint density at radius 2 is 2.19 bits per heavy atom. The maximum atomic E-state index is 11.9. The number of aromatic nitrogens is 1. The van der Waals surface area contributed by atoms with E-state index >= 15 is 0 Å². The second-order valence-electron chi connectivity index (χ2n) is 5.82. The lowest BCUT2D eigenvalue weighted by Crippen LogP contribution is -2.29. The third-order valence-electron chi connectivity index (χ3n) is 4.00. The molecule has 0 saturated carbocycles. The number of nitrogens with zero attached hydrogens (tertiary/aromatic N) is 2.